The second-order valence-electron chi connectivity index (χ2n) is 8.20. The Morgan fingerprint density at radius 1 is 1.34 bits per heavy atom. The van der Waals surface area contributed by atoms with Gasteiger partial charge in [0.25, 0.3) is 0 Å². The Bertz CT molecular complexity index is 1040. The van der Waals surface area contributed by atoms with Crippen LogP contribution in [0.5, 0.6) is 0 Å². The van der Waals surface area contributed by atoms with E-state index in [4.69, 9.17) is 5.11 Å². The Hall–Kier alpha value is -3.31. The molecule has 2 aliphatic rings. The van der Waals surface area contributed by atoms with Crippen LogP contribution < -0.4 is 15.5 Å². The average molecular weight is 441 g/mol. The maximum atomic E-state index is 13.4. The number of rotatable bonds is 7. The van der Waals surface area contributed by atoms with Gasteiger partial charge >= 0.3 is 6.03 Å². The third kappa shape index (κ3) is 3.84. The molecule has 0 atom stereocenters. The van der Waals surface area contributed by atoms with Crippen LogP contribution in [-0.2, 0) is 17.9 Å². The van der Waals surface area contributed by atoms with Crippen molar-refractivity contribution in [2.75, 3.05) is 37.0 Å². The summed E-state index contributed by atoms with van der Waals surface area (Å²) in [5.74, 6) is 0.733. The average Bonchev–Trinajstić information content (AvgIpc) is 3.23. The Kier molecular flexibility index (Phi) is 5.94. The molecule has 0 spiro atoms. The van der Waals surface area contributed by atoms with Gasteiger partial charge in [0.05, 0.1) is 31.6 Å². The molecule has 3 N–H and O–H groups in total. The second-order valence-corrected chi connectivity index (χ2v) is 8.20. The van der Waals surface area contributed by atoms with Crippen molar-refractivity contribution in [3.05, 3.63) is 36.3 Å². The third-order valence-corrected chi connectivity index (χ3v) is 5.98. The number of hydrogen-bond acceptors (Lipinski definition) is 8. The molecule has 4 heterocycles. The number of anilines is 3. The first-order valence-corrected chi connectivity index (χ1v) is 10.6. The van der Waals surface area contributed by atoms with Gasteiger partial charge in [-0.25, -0.2) is 9.78 Å². The molecular weight excluding hydrogens is 412 g/mol. The van der Waals surface area contributed by atoms with Crippen molar-refractivity contribution < 1.29 is 14.7 Å². The van der Waals surface area contributed by atoms with Crippen LogP contribution in [0, 0.1) is 0 Å². The van der Waals surface area contributed by atoms with Crippen molar-refractivity contribution in [3.8, 4) is 0 Å². The molecule has 0 radical (unpaired) electrons. The lowest BCUT2D eigenvalue weighted by Gasteiger charge is -2.48. The highest BCUT2D eigenvalue weighted by Crippen LogP contribution is 2.37. The summed E-state index contributed by atoms with van der Waals surface area (Å²) >= 11 is 0. The highest BCUT2D eigenvalue weighted by Gasteiger charge is 2.49. The number of carbonyl (C=O) groups excluding carboxylic acids is 2. The molecule has 0 aromatic carbocycles. The van der Waals surface area contributed by atoms with E-state index in [0.717, 1.165) is 5.56 Å². The molecule has 0 bridgehead atoms. The number of hydrogen-bond donors (Lipinski definition) is 3. The van der Waals surface area contributed by atoms with Gasteiger partial charge in [-0.1, -0.05) is 6.58 Å². The Balaban J connectivity index is 1.62. The lowest BCUT2D eigenvalue weighted by atomic mass is 9.79. The van der Waals surface area contributed by atoms with Crippen LogP contribution in [-0.4, -0.2) is 73.9 Å². The van der Waals surface area contributed by atoms with Gasteiger partial charge < -0.3 is 20.6 Å². The Morgan fingerprint density at radius 2 is 2.09 bits per heavy atom. The standard InChI is InChI=1S/C21H28N8O3/c1-14(2)17(31)21(4-6-22-7-5-21)29-12-15-10-23-19(26-18(15)27(3)20(29)32)25-16-11-24-28(13-16)8-9-30/h10-11,13,22,30H,1,4-9,12H2,2-3H3,(H,23,25,26). The van der Waals surface area contributed by atoms with Gasteiger partial charge in [-0.15, -0.1) is 0 Å². The molecule has 11 nitrogen and oxygen atoms in total. The van der Waals surface area contributed by atoms with E-state index in [0.29, 0.717) is 55.5 Å². The number of amides is 2. The molecule has 4 rings (SSSR count). The number of aliphatic hydroxyl groups excluding tert-OH is 1. The Labute approximate surface area is 186 Å². The predicted octanol–water partition coefficient (Wildman–Crippen LogP) is 1.05. The molecule has 2 amide bonds. The van der Waals surface area contributed by atoms with E-state index in [1.54, 1.807) is 42.1 Å². The molecular formula is C21H28N8O3. The number of aliphatic hydroxyl groups is 1. The number of ketones is 1. The summed E-state index contributed by atoms with van der Waals surface area (Å²) in [5.41, 5.74) is 0.968. The van der Waals surface area contributed by atoms with Crippen molar-refractivity contribution in [1.29, 1.82) is 0 Å². The maximum Gasteiger partial charge on any atom is 0.326 e. The van der Waals surface area contributed by atoms with Gasteiger partial charge in [0.2, 0.25) is 5.95 Å². The normalized spacial score (nSPS) is 17.8. The highest BCUT2D eigenvalue weighted by atomic mass is 16.3. The van der Waals surface area contributed by atoms with E-state index in [-0.39, 0.29) is 25.0 Å². The van der Waals surface area contributed by atoms with E-state index < -0.39 is 5.54 Å². The Morgan fingerprint density at radius 3 is 2.78 bits per heavy atom. The smallest absolute Gasteiger partial charge is 0.326 e. The lowest BCUT2D eigenvalue weighted by Crippen LogP contribution is -2.64. The summed E-state index contributed by atoms with van der Waals surface area (Å²) in [6, 6.07) is -0.269. The number of nitrogens with zero attached hydrogens (tertiary/aromatic N) is 6. The maximum absolute atomic E-state index is 13.4. The number of Topliss-reactive ketones (excluding diaryl/α,β-unsaturated/α-hetero) is 1. The monoisotopic (exact) mass is 440 g/mol. The van der Waals surface area contributed by atoms with Crippen molar-refractivity contribution in [2.24, 2.45) is 0 Å². The fourth-order valence-corrected chi connectivity index (χ4v) is 4.34. The summed E-state index contributed by atoms with van der Waals surface area (Å²) in [4.78, 5) is 38.6. The molecule has 32 heavy (non-hydrogen) atoms. The zero-order chi connectivity index (χ0) is 22.9. The molecule has 0 saturated carbocycles. The SMILES string of the molecule is C=C(C)C(=O)C1(N2Cc3cnc(Nc4cnn(CCO)c4)nc3N(C)C2=O)CCNCC1. The molecule has 1 saturated heterocycles. The van der Waals surface area contributed by atoms with E-state index >= 15 is 0 Å². The summed E-state index contributed by atoms with van der Waals surface area (Å²) in [5, 5.41) is 19.5. The first-order valence-electron chi connectivity index (χ1n) is 10.6. The lowest BCUT2D eigenvalue weighted by molar-refractivity contribution is -0.127. The predicted molar refractivity (Wildman–Crippen MR) is 119 cm³/mol. The van der Waals surface area contributed by atoms with Gasteiger partial charge in [-0.2, -0.15) is 10.1 Å². The van der Waals surface area contributed by atoms with Gasteiger partial charge in [0.15, 0.2) is 5.78 Å². The summed E-state index contributed by atoms with van der Waals surface area (Å²) in [6.07, 6.45) is 6.09. The minimum absolute atomic E-state index is 0.00862. The van der Waals surface area contributed by atoms with E-state index in [2.05, 4.69) is 32.3 Å². The third-order valence-electron chi connectivity index (χ3n) is 5.98. The zero-order valence-corrected chi connectivity index (χ0v) is 18.3. The van der Waals surface area contributed by atoms with Gasteiger partial charge in [-0.3, -0.25) is 14.4 Å². The molecule has 170 valence electrons. The van der Waals surface area contributed by atoms with Crippen molar-refractivity contribution in [2.45, 2.75) is 38.4 Å². The van der Waals surface area contributed by atoms with Crippen molar-refractivity contribution in [3.63, 3.8) is 0 Å². The van der Waals surface area contributed by atoms with Crippen LogP contribution in [0.3, 0.4) is 0 Å². The number of aromatic nitrogens is 4. The van der Waals surface area contributed by atoms with Gasteiger partial charge in [0.1, 0.15) is 11.4 Å². The molecule has 2 aromatic rings. The summed E-state index contributed by atoms with van der Waals surface area (Å²) in [7, 11) is 1.66. The minimum Gasteiger partial charge on any atom is -0.394 e. The van der Waals surface area contributed by atoms with Gasteiger partial charge in [0, 0.05) is 25.0 Å². The van der Waals surface area contributed by atoms with E-state index in [1.807, 2.05) is 0 Å². The number of carbonyl (C=O) groups is 2. The first-order chi connectivity index (χ1) is 15.4. The molecule has 1 fully saturated rings. The van der Waals surface area contributed by atoms with Crippen LogP contribution >= 0.6 is 0 Å². The molecule has 0 unspecified atom stereocenters. The number of nitrogens with one attached hydrogen (secondary N) is 2. The second kappa shape index (κ2) is 8.67. The molecule has 0 aliphatic carbocycles. The first kappa shape index (κ1) is 21.9. The summed E-state index contributed by atoms with van der Waals surface area (Å²) < 4.78 is 1.60. The number of fused-ring (bicyclic) bond motifs is 1. The van der Waals surface area contributed by atoms with Crippen LogP contribution in [0.25, 0.3) is 0 Å². The van der Waals surface area contributed by atoms with Gasteiger partial charge in [-0.05, 0) is 38.4 Å². The largest absolute Gasteiger partial charge is 0.394 e. The van der Waals surface area contributed by atoms with E-state index in [1.165, 1.54) is 4.90 Å². The fraction of sp³-hybridized carbons (Fsp3) is 0.476. The van der Waals surface area contributed by atoms with Crippen LogP contribution in [0.15, 0.2) is 30.7 Å². The number of piperidine rings is 1. The van der Waals surface area contributed by atoms with E-state index in [9.17, 15) is 9.59 Å². The molecule has 2 aliphatic heterocycles. The zero-order valence-electron chi connectivity index (χ0n) is 18.3. The highest BCUT2D eigenvalue weighted by molar-refractivity contribution is 6.06. The minimum atomic E-state index is -0.918. The van der Waals surface area contributed by atoms with Crippen molar-refractivity contribution >= 4 is 29.3 Å². The topological polar surface area (TPSA) is 129 Å². The van der Waals surface area contributed by atoms with Crippen LogP contribution in [0.4, 0.5) is 22.2 Å². The quantitative estimate of drug-likeness (QED) is 0.545. The molecule has 2 aromatic heterocycles. The number of urea groups is 1. The van der Waals surface area contributed by atoms with Crippen molar-refractivity contribution in [1.82, 2.24) is 30.0 Å². The molecule has 11 heteroatoms. The van der Waals surface area contributed by atoms with Crippen LogP contribution in [0.2, 0.25) is 0 Å². The summed E-state index contributed by atoms with van der Waals surface area (Å²) in [6.45, 7) is 7.49. The van der Waals surface area contributed by atoms with Crippen LogP contribution in [0.1, 0.15) is 25.3 Å². The fourth-order valence-electron chi connectivity index (χ4n) is 4.34.